The van der Waals surface area contributed by atoms with Gasteiger partial charge in [-0.25, -0.2) is 0 Å². The summed E-state index contributed by atoms with van der Waals surface area (Å²) >= 11 is 0. The zero-order chi connectivity index (χ0) is 29.1. The summed E-state index contributed by atoms with van der Waals surface area (Å²) in [5.74, 6) is -2.42. The lowest BCUT2D eigenvalue weighted by Crippen LogP contribution is -2.47. The molecule has 2 aromatic carbocycles. The Balaban J connectivity index is 1.18. The number of rotatable bonds is 4. The van der Waals surface area contributed by atoms with E-state index in [1.165, 1.54) is 11.6 Å². The number of Topliss-reactive ketones (excluding diaryl/α,β-unsaturated/α-hetero) is 1. The molecule has 4 unspecified atom stereocenters. The number of piperidine rings is 1. The van der Waals surface area contributed by atoms with E-state index in [0.717, 1.165) is 38.0 Å². The Labute approximate surface area is 245 Å². The molecule has 0 aromatic heterocycles. The zero-order valence-corrected chi connectivity index (χ0v) is 23.7. The van der Waals surface area contributed by atoms with Gasteiger partial charge in [0.05, 0.1) is 11.8 Å². The van der Waals surface area contributed by atoms with Crippen LogP contribution in [-0.2, 0) is 25.7 Å². The number of carbonyl (C=O) groups excluding carboxylic acids is 4. The van der Waals surface area contributed by atoms with E-state index in [9.17, 15) is 24.3 Å². The second-order valence-electron chi connectivity index (χ2n) is 12.4. The fourth-order valence-corrected chi connectivity index (χ4v) is 8.01. The van der Waals surface area contributed by atoms with E-state index in [1.54, 1.807) is 30.0 Å². The number of nitrogens with zero attached hydrogens (tertiary/aromatic N) is 2. The summed E-state index contributed by atoms with van der Waals surface area (Å²) in [5.41, 5.74) is 4.17. The Morgan fingerprint density at radius 1 is 0.905 bits per heavy atom. The molecule has 2 heterocycles. The van der Waals surface area contributed by atoms with E-state index in [1.807, 2.05) is 30.3 Å². The number of hydrogen-bond donors (Lipinski definition) is 1. The van der Waals surface area contributed by atoms with Gasteiger partial charge >= 0.3 is 0 Å². The summed E-state index contributed by atoms with van der Waals surface area (Å²) in [4.78, 5) is 58.7. The molecule has 1 N–H and O–H groups in total. The lowest BCUT2D eigenvalue weighted by molar-refractivity contribution is -0.144. The monoisotopic (exact) mass is 562 g/mol. The van der Waals surface area contributed by atoms with Crippen LogP contribution < -0.4 is 0 Å². The molecule has 0 saturated carbocycles. The number of likely N-dealkylation sites (tertiary alicyclic amines) is 2. The van der Waals surface area contributed by atoms with E-state index >= 15 is 0 Å². The molecular weight excluding hydrogens is 528 g/mol. The minimum absolute atomic E-state index is 0.0739. The Morgan fingerprint density at radius 3 is 2.40 bits per heavy atom. The summed E-state index contributed by atoms with van der Waals surface area (Å²) in [5, 5.41) is 10.3. The molecule has 2 amide bonds. The maximum Gasteiger partial charge on any atom is 0.233 e. The summed E-state index contributed by atoms with van der Waals surface area (Å²) in [6.07, 6.45) is 5.62. The Kier molecular flexibility index (Phi) is 6.58. The SMILES string of the molecule is CC1=CC(=O)C2=C(C1=O)C(c1cccc(O)c1)C1=CCC3C(=O)N(C4CCN(Cc5ccccc5)CC4)C(=O)C3C1C2. The number of aromatic hydroxyl groups is 1. The van der Waals surface area contributed by atoms with Gasteiger partial charge in [0.1, 0.15) is 5.75 Å². The number of ketones is 2. The van der Waals surface area contributed by atoms with E-state index in [-0.39, 0.29) is 47.5 Å². The lowest BCUT2D eigenvalue weighted by atomic mass is 9.59. The van der Waals surface area contributed by atoms with Gasteiger partial charge in [-0.2, -0.15) is 0 Å². The number of carbonyl (C=O) groups is 4. The van der Waals surface area contributed by atoms with Crippen molar-refractivity contribution in [3.05, 3.63) is 100 Å². The van der Waals surface area contributed by atoms with Crippen molar-refractivity contribution in [1.82, 2.24) is 9.80 Å². The molecule has 214 valence electrons. The van der Waals surface area contributed by atoms with Crippen LogP contribution in [-0.4, -0.2) is 57.4 Å². The second kappa shape index (κ2) is 10.3. The first-order chi connectivity index (χ1) is 20.3. The fraction of sp³-hybridized carbons (Fsp3) is 0.371. The molecule has 0 spiro atoms. The second-order valence-corrected chi connectivity index (χ2v) is 12.4. The van der Waals surface area contributed by atoms with Crippen molar-refractivity contribution in [2.75, 3.05) is 13.1 Å². The number of phenols is 1. The van der Waals surface area contributed by atoms with Gasteiger partial charge in [0.15, 0.2) is 11.6 Å². The highest BCUT2D eigenvalue weighted by molar-refractivity contribution is 6.23. The van der Waals surface area contributed by atoms with E-state index in [0.29, 0.717) is 28.7 Å². The van der Waals surface area contributed by atoms with Crippen molar-refractivity contribution in [2.24, 2.45) is 17.8 Å². The van der Waals surface area contributed by atoms with Crippen LogP contribution in [0, 0.1) is 17.8 Å². The van der Waals surface area contributed by atoms with Crippen molar-refractivity contribution in [1.29, 1.82) is 0 Å². The number of hydrogen-bond acceptors (Lipinski definition) is 6. The topological polar surface area (TPSA) is 95.0 Å². The molecule has 2 fully saturated rings. The predicted molar refractivity (Wildman–Crippen MR) is 156 cm³/mol. The molecular formula is C35H34N2O5. The van der Waals surface area contributed by atoms with Crippen LogP contribution in [0.15, 0.2) is 89.0 Å². The Hall–Kier alpha value is -4.10. The number of phenolic OH excluding ortho intramolecular Hbond substituents is 1. The first-order valence-electron chi connectivity index (χ1n) is 14.9. The molecule has 42 heavy (non-hydrogen) atoms. The van der Waals surface area contributed by atoms with Gasteiger partial charge in [0.2, 0.25) is 11.8 Å². The maximum atomic E-state index is 14.2. The third-order valence-corrected chi connectivity index (χ3v) is 9.97. The van der Waals surface area contributed by atoms with Crippen molar-refractivity contribution in [3.63, 3.8) is 0 Å². The highest BCUT2D eigenvalue weighted by Crippen LogP contribution is 2.55. The molecule has 3 aliphatic carbocycles. The molecule has 2 saturated heterocycles. The molecule has 7 heteroatoms. The van der Waals surface area contributed by atoms with Crippen molar-refractivity contribution in [2.45, 2.75) is 51.1 Å². The van der Waals surface area contributed by atoms with Gasteiger partial charge < -0.3 is 5.11 Å². The fourth-order valence-electron chi connectivity index (χ4n) is 8.01. The minimum Gasteiger partial charge on any atom is -0.508 e. The molecule has 5 aliphatic rings. The first-order valence-corrected chi connectivity index (χ1v) is 14.9. The molecule has 7 rings (SSSR count). The van der Waals surface area contributed by atoms with Gasteiger partial charge in [-0.1, -0.05) is 54.1 Å². The van der Waals surface area contributed by atoms with Gasteiger partial charge in [-0.3, -0.25) is 29.0 Å². The van der Waals surface area contributed by atoms with E-state index < -0.39 is 17.8 Å². The van der Waals surface area contributed by atoms with Crippen LogP contribution in [0.25, 0.3) is 0 Å². The number of allylic oxidation sites excluding steroid dienone is 6. The zero-order valence-electron chi connectivity index (χ0n) is 23.7. The number of benzene rings is 2. The largest absolute Gasteiger partial charge is 0.508 e. The minimum atomic E-state index is -0.552. The summed E-state index contributed by atoms with van der Waals surface area (Å²) in [7, 11) is 0. The molecule has 2 aromatic rings. The molecule has 0 radical (unpaired) electrons. The lowest BCUT2D eigenvalue weighted by Gasteiger charge is -2.42. The summed E-state index contributed by atoms with van der Waals surface area (Å²) in [6.45, 7) is 4.14. The van der Waals surface area contributed by atoms with Crippen LogP contribution in [0.2, 0.25) is 0 Å². The average Bonchev–Trinajstić information content (AvgIpc) is 3.25. The van der Waals surface area contributed by atoms with Crippen LogP contribution >= 0.6 is 0 Å². The van der Waals surface area contributed by atoms with Gasteiger partial charge in [0, 0.05) is 48.3 Å². The van der Waals surface area contributed by atoms with E-state index in [2.05, 4.69) is 17.0 Å². The smallest absolute Gasteiger partial charge is 0.233 e. The predicted octanol–water partition coefficient (Wildman–Crippen LogP) is 4.49. The normalized spacial score (nSPS) is 28.4. The Morgan fingerprint density at radius 2 is 1.67 bits per heavy atom. The average molecular weight is 563 g/mol. The molecule has 2 aliphatic heterocycles. The summed E-state index contributed by atoms with van der Waals surface area (Å²) < 4.78 is 0. The van der Waals surface area contributed by atoms with Crippen LogP contribution in [0.4, 0.5) is 0 Å². The van der Waals surface area contributed by atoms with Crippen LogP contribution in [0.5, 0.6) is 5.75 Å². The Bertz CT molecular complexity index is 1590. The number of fused-ring (bicyclic) bond motifs is 3. The van der Waals surface area contributed by atoms with Gasteiger partial charge in [0.25, 0.3) is 0 Å². The van der Waals surface area contributed by atoms with Crippen molar-refractivity contribution < 1.29 is 24.3 Å². The third kappa shape index (κ3) is 4.29. The molecule has 7 nitrogen and oxygen atoms in total. The standard InChI is InChI=1S/C35H34N2O5/c1-20-16-29(39)28-18-27-25(30(32(28)33(20)40)22-8-5-9-24(38)17-22)10-11-26-31(27)35(42)37(34(26)41)23-12-14-36(15-13-23)19-21-6-3-2-4-7-21/h2-10,16-17,23,26-27,30-31,38H,11-15,18-19H2,1H3. The molecule has 4 atom stereocenters. The maximum absolute atomic E-state index is 14.2. The number of amides is 2. The highest BCUT2D eigenvalue weighted by Gasteiger charge is 2.57. The van der Waals surface area contributed by atoms with Crippen molar-refractivity contribution >= 4 is 23.4 Å². The first kappa shape index (κ1) is 26.8. The highest BCUT2D eigenvalue weighted by atomic mass is 16.3. The number of imide groups is 1. The van der Waals surface area contributed by atoms with E-state index in [4.69, 9.17) is 0 Å². The van der Waals surface area contributed by atoms with Crippen LogP contribution in [0.1, 0.15) is 49.7 Å². The van der Waals surface area contributed by atoms with Gasteiger partial charge in [-0.15, -0.1) is 0 Å². The summed E-state index contributed by atoms with van der Waals surface area (Å²) in [6, 6.07) is 17.0. The van der Waals surface area contributed by atoms with Gasteiger partial charge in [-0.05, 0) is 67.9 Å². The quantitative estimate of drug-likeness (QED) is 0.335. The molecule has 0 bridgehead atoms. The van der Waals surface area contributed by atoms with Crippen molar-refractivity contribution in [3.8, 4) is 5.75 Å². The third-order valence-electron chi connectivity index (χ3n) is 9.97. The van der Waals surface area contributed by atoms with Crippen LogP contribution in [0.3, 0.4) is 0 Å².